The van der Waals surface area contributed by atoms with Crippen molar-refractivity contribution in [3.8, 4) is 0 Å². The molecule has 0 atom stereocenters. The Morgan fingerprint density at radius 2 is 1.83 bits per heavy atom. The largest absolute Gasteiger partial charge is 0.0859 e. The normalized spacial score (nSPS) is 13.6. The maximum atomic E-state index is 2.36. The summed E-state index contributed by atoms with van der Waals surface area (Å²) in [5, 5.41) is 0. The molecule has 0 bridgehead atoms. The molecule has 0 amide bonds. The molecule has 0 aliphatic rings. The molecule has 0 saturated carbocycles. The van der Waals surface area contributed by atoms with E-state index >= 15 is 0 Å². The molecule has 0 aromatic rings. The lowest BCUT2D eigenvalue weighted by Crippen LogP contribution is -2.10. The number of hydrogen-bond donors (Lipinski definition) is 0. The Morgan fingerprint density at radius 3 is 2.25 bits per heavy atom. The summed E-state index contributed by atoms with van der Waals surface area (Å²) < 4.78 is 0. The number of hydrogen-bond acceptors (Lipinski definition) is 0. The van der Waals surface area contributed by atoms with Crippen LogP contribution >= 0.6 is 0 Å². The van der Waals surface area contributed by atoms with Crippen LogP contribution in [0.4, 0.5) is 0 Å². The van der Waals surface area contributed by atoms with Crippen LogP contribution in [-0.4, -0.2) is 0 Å². The highest BCUT2D eigenvalue weighted by molar-refractivity contribution is 5.00. The second-order valence-electron chi connectivity index (χ2n) is 4.55. The van der Waals surface area contributed by atoms with Gasteiger partial charge in [0.1, 0.15) is 0 Å². The smallest absolute Gasteiger partial charge is 0.0271 e. The van der Waals surface area contributed by atoms with E-state index in [9.17, 15) is 0 Å². The lowest BCUT2D eigenvalue weighted by molar-refractivity contribution is 0.328. The molecule has 0 N–H and O–H groups in total. The zero-order valence-corrected chi connectivity index (χ0v) is 9.41. The zero-order chi connectivity index (χ0) is 9.61. The third-order valence-electron chi connectivity index (χ3n) is 2.24. The molecule has 0 spiro atoms. The van der Waals surface area contributed by atoms with Gasteiger partial charge in [-0.05, 0) is 31.6 Å². The lowest BCUT2D eigenvalue weighted by Gasteiger charge is -2.24. The van der Waals surface area contributed by atoms with Crippen LogP contribution in [0.15, 0.2) is 11.6 Å². The minimum absolute atomic E-state index is 0.504. The van der Waals surface area contributed by atoms with Crippen LogP contribution in [-0.2, 0) is 0 Å². The van der Waals surface area contributed by atoms with Crippen molar-refractivity contribution in [1.29, 1.82) is 0 Å². The lowest BCUT2D eigenvalue weighted by atomic mass is 9.82. The molecule has 0 aliphatic carbocycles. The highest BCUT2D eigenvalue weighted by atomic mass is 14.2. The molecule has 0 nitrogen and oxygen atoms in total. The van der Waals surface area contributed by atoms with Gasteiger partial charge >= 0.3 is 0 Å². The molecule has 0 heterocycles. The second kappa shape index (κ2) is 5.40. The van der Waals surface area contributed by atoms with Gasteiger partial charge in [0.25, 0.3) is 0 Å². The Labute approximate surface area is 78.1 Å². The average molecular weight is 168 g/mol. The molecule has 0 rings (SSSR count). The van der Waals surface area contributed by atoms with Crippen molar-refractivity contribution < 1.29 is 0 Å². The van der Waals surface area contributed by atoms with Crippen molar-refractivity contribution in [2.45, 2.75) is 60.3 Å². The first-order valence-electron chi connectivity index (χ1n) is 5.17. The van der Waals surface area contributed by atoms with Crippen LogP contribution in [0.1, 0.15) is 60.3 Å². The van der Waals surface area contributed by atoms with Crippen LogP contribution in [0.2, 0.25) is 0 Å². The Hall–Kier alpha value is -0.260. The van der Waals surface area contributed by atoms with Gasteiger partial charge in [-0.1, -0.05) is 45.8 Å². The van der Waals surface area contributed by atoms with Gasteiger partial charge in [-0.3, -0.25) is 0 Å². The fourth-order valence-corrected chi connectivity index (χ4v) is 1.94. The Kier molecular flexibility index (Phi) is 5.28. The number of allylic oxidation sites excluding steroid dienone is 2. The molecule has 0 heteroatoms. The molecule has 0 aromatic heterocycles. The van der Waals surface area contributed by atoms with Gasteiger partial charge in [0.15, 0.2) is 0 Å². The Bertz CT molecular complexity index is 140. The summed E-state index contributed by atoms with van der Waals surface area (Å²) in [6, 6.07) is 0. The van der Waals surface area contributed by atoms with E-state index in [1.807, 2.05) is 0 Å². The summed E-state index contributed by atoms with van der Waals surface area (Å²) in [4.78, 5) is 0. The van der Waals surface area contributed by atoms with E-state index in [-0.39, 0.29) is 0 Å². The van der Waals surface area contributed by atoms with Crippen molar-refractivity contribution in [3.63, 3.8) is 0 Å². The van der Waals surface area contributed by atoms with Crippen LogP contribution in [0.25, 0.3) is 0 Å². The fraction of sp³-hybridized carbons (Fsp3) is 0.833. The predicted octanol–water partition coefficient (Wildman–Crippen LogP) is 4.56. The Balaban J connectivity index is 3.95. The van der Waals surface area contributed by atoms with E-state index in [1.54, 1.807) is 5.57 Å². The first-order valence-corrected chi connectivity index (χ1v) is 5.17. The molecule has 0 unspecified atom stereocenters. The summed E-state index contributed by atoms with van der Waals surface area (Å²) in [6.45, 7) is 11.4. The van der Waals surface area contributed by atoms with E-state index < -0.39 is 0 Å². The van der Waals surface area contributed by atoms with Crippen LogP contribution in [0.3, 0.4) is 0 Å². The minimum Gasteiger partial charge on any atom is -0.0859 e. The molecule has 0 radical (unpaired) electrons. The molecule has 12 heavy (non-hydrogen) atoms. The first kappa shape index (κ1) is 11.7. The van der Waals surface area contributed by atoms with Crippen molar-refractivity contribution in [3.05, 3.63) is 11.6 Å². The van der Waals surface area contributed by atoms with Gasteiger partial charge in [-0.2, -0.15) is 0 Å². The zero-order valence-electron chi connectivity index (χ0n) is 9.41. The van der Waals surface area contributed by atoms with Gasteiger partial charge in [0, 0.05) is 0 Å². The van der Waals surface area contributed by atoms with Crippen molar-refractivity contribution in [1.82, 2.24) is 0 Å². The highest BCUT2D eigenvalue weighted by Crippen LogP contribution is 2.30. The molecular formula is C12H24. The molecule has 0 saturated heterocycles. The SMILES string of the molecule is CC/C=C(\C)CC(C)(C)CCC. The highest BCUT2D eigenvalue weighted by Gasteiger charge is 2.16. The van der Waals surface area contributed by atoms with Crippen molar-refractivity contribution in [2.24, 2.45) is 5.41 Å². The van der Waals surface area contributed by atoms with Crippen molar-refractivity contribution >= 4 is 0 Å². The van der Waals surface area contributed by atoms with E-state index in [0.29, 0.717) is 5.41 Å². The maximum Gasteiger partial charge on any atom is -0.0271 e. The fourth-order valence-electron chi connectivity index (χ4n) is 1.94. The van der Waals surface area contributed by atoms with Gasteiger partial charge in [-0.15, -0.1) is 0 Å². The van der Waals surface area contributed by atoms with E-state index in [2.05, 4.69) is 40.7 Å². The summed E-state index contributed by atoms with van der Waals surface area (Å²) in [5.41, 5.74) is 2.06. The molecule has 0 aliphatic heterocycles. The predicted molar refractivity (Wildman–Crippen MR) is 57.4 cm³/mol. The first-order chi connectivity index (χ1) is 5.52. The summed E-state index contributed by atoms with van der Waals surface area (Å²) in [7, 11) is 0. The maximum absolute atomic E-state index is 2.36. The Morgan fingerprint density at radius 1 is 1.25 bits per heavy atom. The monoisotopic (exact) mass is 168 g/mol. The molecule has 0 fully saturated rings. The van der Waals surface area contributed by atoms with Gasteiger partial charge in [0.05, 0.1) is 0 Å². The van der Waals surface area contributed by atoms with E-state index in [0.717, 1.165) is 0 Å². The van der Waals surface area contributed by atoms with E-state index in [4.69, 9.17) is 0 Å². The van der Waals surface area contributed by atoms with Gasteiger partial charge in [-0.25, -0.2) is 0 Å². The standard InChI is InChI=1S/C12H24/c1-6-8-11(3)10-12(4,5)9-7-2/h8H,6-7,9-10H2,1-5H3/b11-8+. The average Bonchev–Trinajstić information content (AvgIpc) is 1.85. The third-order valence-corrected chi connectivity index (χ3v) is 2.24. The molecular weight excluding hydrogens is 144 g/mol. The molecule has 0 aromatic carbocycles. The van der Waals surface area contributed by atoms with Gasteiger partial charge < -0.3 is 0 Å². The third kappa shape index (κ3) is 5.40. The molecule has 72 valence electrons. The van der Waals surface area contributed by atoms with Gasteiger partial charge in [0.2, 0.25) is 0 Å². The summed E-state index contributed by atoms with van der Waals surface area (Å²) in [5.74, 6) is 0. The van der Waals surface area contributed by atoms with Crippen molar-refractivity contribution in [2.75, 3.05) is 0 Å². The minimum atomic E-state index is 0.504. The van der Waals surface area contributed by atoms with Crippen LogP contribution in [0.5, 0.6) is 0 Å². The van der Waals surface area contributed by atoms with Crippen LogP contribution < -0.4 is 0 Å². The van der Waals surface area contributed by atoms with E-state index in [1.165, 1.54) is 25.7 Å². The topological polar surface area (TPSA) is 0 Å². The summed E-state index contributed by atoms with van der Waals surface area (Å²) >= 11 is 0. The summed E-state index contributed by atoms with van der Waals surface area (Å²) in [6.07, 6.45) is 7.41. The van der Waals surface area contributed by atoms with Crippen LogP contribution in [0, 0.1) is 5.41 Å². The quantitative estimate of drug-likeness (QED) is 0.528. The second-order valence-corrected chi connectivity index (χ2v) is 4.55. The number of rotatable bonds is 5.